The Kier molecular flexibility index (Phi) is 6.36. The lowest BCUT2D eigenvalue weighted by atomic mass is 9.88. The molecule has 0 saturated heterocycles. The molecule has 4 aromatic rings. The fourth-order valence-electron chi connectivity index (χ4n) is 5.01. The molecule has 0 bridgehead atoms. The second kappa shape index (κ2) is 10.1. The lowest BCUT2D eigenvalue weighted by molar-refractivity contribution is -0.120. The summed E-state index contributed by atoms with van der Waals surface area (Å²) in [7, 11) is 1.58. The number of hydrogen-bond donors (Lipinski definition) is 1. The summed E-state index contributed by atoms with van der Waals surface area (Å²) in [6.45, 7) is 2.17. The highest BCUT2D eigenvalue weighted by Crippen LogP contribution is 2.31. The molecular weight excluding hydrogens is 482 g/mol. The predicted molar refractivity (Wildman–Crippen MR) is 141 cm³/mol. The summed E-state index contributed by atoms with van der Waals surface area (Å²) >= 11 is 0. The number of methoxy groups -OCH3 is 1. The van der Waals surface area contributed by atoms with Crippen LogP contribution < -0.4 is 10.1 Å². The minimum absolute atomic E-state index is 0.0870. The van der Waals surface area contributed by atoms with Gasteiger partial charge in [-0.05, 0) is 49.6 Å². The van der Waals surface area contributed by atoms with E-state index >= 15 is 0 Å². The van der Waals surface area contributed by atoms with E-state index in [4.69, 9.17) is 14.5 Å². The highest BCUT2D eigenvalue weighted by atomic mass is 16.5. The fraction of sp³-hybridized carbons (Fsp3) is 0.321. The van der Waals surface area contributed by atoms with Gasteiger partial charge in [0.2, 0.25) is 17.6 Å². The van der Waals surface area contributed by atoms with Crippen molar-refractivity contribution in [3.8, 4) is 23.1 Å². The molecule has 0 spiro atoms. The number of anilines is 1. The van der Waals surface area contributed by atoms with Gasteiger partial charge in [0.1, 0.15) is 11.4 Å². The van der Waals surface area contributed by atoms with E-state index in [0.717, 1.165) is 53.9 Å². The number of pyridine rings is 1. The summed E-state index contributed by atoms with van der Waals surface area (Å²) in [5, 5.41) is 7.74. The number of fused-ring (bicyclic) bond motifs is 1. The molecule has 1 saturated carbocycles. The van der Waals surface area contributed by atoms with Crippen molar-refractivity contribution in [1.82, 2.24) is 29.3 Å². The van der Waals surface area contributed by atoms with E-state index in [0.29, 0.717) is 23.2 Å². The summed E-state index contributed by atoms with van der Waals surface area (Å²) in [6.07, 6.45) is 10.7. The van der Waals surface area contributed by atoms with Gasteiger partial charge in [-0.1, -0.05) is 31.4 Å². The van der Waals surface area contributed by atoms with Gasteiger partial charge in [0.25, 0.3) is 0 Å². The molecule has 194 valence electrons. The Labute approximate surface area is 220 Å². The Hall–Kier alpha value is -4.47. The van der Waals surface area contributed by atoms with Gasteiger partial charge in [-0.25, -0.2) is 19.6 Å². The SMILES string of the molecule is COc1nc(-c2nc3n(n2)COC=C3c2cccc(NC(=O)C3CCCCC3)c2)ccc1-n1cnc(C)c1. The Morgan fingerprint density at radius 3 is 2.79 bits per heavy atom. The molecule has 1 N–H and O–H groups in total. The Morgan fingerprint density at radius 2 is 2.00 bits per heavy atom. The molecule has 6 rings (SSSR count). The minimum atomic E-state index is 0.0870. The largest absolute Gasteiger partial charge is 0.479 e. The molecule has 0 atom stereocenters. The molecule has 38 heavy (non-hydrogen) atoms. The van der Waals surface area contributed by atoms with E-state index in [9.17, 15) is 4.79 Å². The quantitative estimate of drug-likeness (QED) is 0.398. The normalized spacial score (nSPS) is 15.4. The fourth-order valence-corrected chi connectivity index (χ4v) is 5.01. The van der Waals surface area contributed by atoms with Gasteiger partial charge in [-0.15, -0.1) is 5.10 Å². The van der Waals surface area contributed by atoms with Crippen LogP contribution in [0, 0.1) is 12.8 Å². The van der Waals surface area contributed by atoms with Crippen LogP contribution in [0.15, 0.2) is 55.2 Å². The van der Waals surface area contributed by atoms with Crippen LogP contribution in [0.2, 0.25) is 0 Å². The number of ether oxygens (including phenoxy) is 2. The van der Waals surface area contributed by atoms with E-state index in [1.165, 1.54) is 6.42 Å². The standard InChI is InChI=1S/C28H29N7O3/c1-18-14-34(16-29-18)24-12-11-23(31-28(24)37-2)25-32-26-22(15-38-17-35(26)33-25)20-9-6-10-21(13-20)30-27(36)19-7-4-3-5-8-19/h6,9-16,19H,3-5,7-8,17H2,1-2H3,(H,30,36). The summed E-state index contributed by atoms with van der Waals surface area (Å²) in [6, 6.07) is 11.5. The first-order chi connectivity index (χ1) is 18.6. The molecule has 1 fully saturated rings. The number of nitrogens with zero attached hydrogens (tertiary/aromatic N) is 6. The van der Waals surface area contributed by atoms with Crippen LogP contribution in [0.4, 0.5) is 5.69 Å². The second-order valence-corrected chi connectivity index (χ2v) is 9.64. The third-order valence-electron chi connectivity index (χ3n) is 6.98. The molecule has 1 aliphatic carbocycles. The van der Waals surface area contributed by atoms with Gasteiger partial charge in [0, 0.05) is 17.8 Å². The van der Waals surface area contributed by atoms with E-state index in [1.54, 1.807) is 24.4 Å². The first kappa shape index (κ1) is 23.9. The maximum absolute atomic E-state index is 12.8. The Bertz CT molecular complexity index is 1510. The van der Waals surface area contributed by atoms with Gasteiger partial charge in [0.15, 0.2) is 12.6 Å². The monoisotopic (exact) mass is 511 g/mol. The number of imidazole rings is 1. The molecule has 0 radical (unpaired) electrons. The van der Waals surface area contributed by atoms with Crippen molar-refractivity contribution in [3.05, 3.63) is 72.3 Å². The lowest BCUT2D eigenvalue weighted by Crippen LogP contribution is -2.24. The highest BCUT2D eigenvalue weighted by molar-refractivity contribution is 5.93. The number of aryl methyl sites for hydroxylation is 1. The number of carbonyl (C=O) groups excluding carboxylic acids is 1. The van der Waals surface area contributed by atoms with E-state index in [-0.39, 0.29) is 18.6 Å². The number of benzene rings is 1. The van der Waals surface area contributed by atoms with Crippen molar-refractivity contribution >= 4 is 17.2 Å². The van der Waals surface area contributed by atoms with Gasteiger partial charge in [-0.3, -0.25) is 4.79 Å². The molecule has 4 heterocycles. The van der Waals surface area contributed by atoms with Crippen molar-refractivity contribution in [2.24, 2.45) is 5.92 Å². The van der Waals surface area contributed by atoms with Crippen LogP contribution in [0.1, 0.15) is 49.2 Å². The maximum atomic E-state index is 12.8. The average molecular weight is 512 g/mol. The molecule has 1 aliphatic heterocycles. The number of aromatic nitrogens is 6. The molecule has 3 aromatic heterocycles. The van der Waals surface area contributed by atoms with Crippen molar-refractivity contribution in [3.63, 3.8) is 0 Å². The van der Waals surface area contributed by atoms with Crippen LogP contribution in [0.5, 0.6) is 5.88 Å². The van der Waals surface area contributed by atoms with Crippen LogP contribution in [0.25, 0.3) is 22.8 Å². The maximum Gasteiger partial charge on any atom is 0.238 e. The molecule has 10 heteroatoms. The average Bonchev–Trinajstić information content (AvgIpc) is 3.59. The van der Waals surface area contributed by atoms with E-state index in [2.05, 4.69) is 20.4 Å². The number of nitrogens with one attached hydrogen (secondary N) is 1. The molecule has 0 unspecified atom stereocenters. The third kappa shape index (κ3) is 4.65. The van der Waals surface area contributed by atoms with Gasteiger partial charge in [-0.2, -0.15) is 0 Å². The van der Waals surface area contributed by atoms with Gasteiger partial charge < -0.3 is 19.4 Å². The minimum Gasteiger partial charge on any atom is -0.479 e. The molecule has 10 nitrogen and oxygen atoms in total. The number of hydrogen-bond acceptors (Lipinski definition) is 7. The lowest BCUT2D eigenvalue weighted by Gasteiger charge is -2.21. The Morgan fingerprint density at radius 1 is 1.13 bits per heavy atom. The van der Waals surface area contributed by atoms with E-state index < -0.39 is 0 Å². The third-order valence-corrected chi connectivity index (χ3v) is 6.98. The second-order valence-electron chi connectivity index (χ2n) is 9.64. The summed E-state index contributed by atoms with van der Waals surface area (Å²) < 4.78 is 14.8. The molecular formula is C28H29N7O3. The van der Waals surface area contributed by atoms with Crippen LogP contribution in [-0.2, 0) is 16.3 Å². The van der Waals surface area contributed by atoms with Gasteiger partial charge in [0.05, 0.1) is 31.0 Å². The molecule has 1 aromatic carbocycles. The first-order valence-electron chi connectivity index (χ1n) is 12.8. The van der Waals surface area contributed by atoms with Crippen LogP contribution >= 0.6 is 0 Å². The first-order valence-corrected chi connectivity index (χ1v) is 12.8. The smallest absolute Gasteiger partial charge is 0.238 e. The summed E-state index contributed by atoms with van der Waals surface area (Å²) in [4.78, 5) is 26.5. The predicted octanol–water partition coefficient (Wildman–Crippen LogP) is 4.74. The van der Waals surface area contributed by atoms with Gasteiger partial charge >= 0.3 is 0 Å². The Balaban J connectivity index is 1.27. The number of rotatable bonds is 6. The molecule has 2 aliphatic rings. The van der Waals surface area contributed by atoms with Crippen molar-refractivity contribution in [2.45, 2.75) is 45.8 Å². The zero-order valence-corrected chi connectivity index (χ0v) is 21.4. The van der Waals surface area contributed by atoms with Crippen molar-refractivity contribution in [2.75, 3.05) is 12.4 Å². The van der Waals surface area contributed by atoms with E-state index in [1.807, 2.05) is 54.1 Å². The zero-order chi connectivity index (χ0) is 26.1. The number of amides is 1. The topological polar surface area (TPSA) is 109 Å². The number of carbonyl (C=O) groups is 1. The van der Waals surface area contributed by atoms with Crippen LogP contribution in [0.3, 0.4) is 0 Å². The van der Waals surface area contributed by atoms with Crippen molar-refractivity contribution in [1.29, 1.82) is 0 Å². The van der Waals surface area contributed by atoms with Crippen LogP contribution in [-0.4, -0.2) is 42.3 Å². The van der Waals surface area contributed by atoms with Crippen molar-refractivity contribution < 1.29 is 14.3 Å². The molecule has 1 amide bonds. The summed E-state index contributed by atoms with van der Waals surface area (Å²) in [5.74, 6) is 1.75. The summed E-state index contributed by atoms with van der Waals surface area (Å²) in [5.41, 5.74) is 4.67. The highest BCUT2D eigenvalue weighted by Gasteiger charge is 2.24. The zero-order valence-electron chi connectivity index (χ0n) is 21.4.